The van der Waals surface area contributed by atoms with E-state index in [1.54, 1.807) is 11.3 Å². The van der Waals surface area contributed by atoms with Gasteiger partial charge in [-0.2, -0.15) is 0 Å². The molecule has 1 N–H and O–H groups in total. The molecule has 1 aromatic carbocycles. The molecule has 1 aromatic heterocycles. The molecule has 1 fully saturated rings. The number of aromatic nitrogens is 1. The maximum absolute atomic E-state index is 12.7. The van der Waals surface area contributed by atoms with Gasteiger partial charge in [0.2, 0.25) is 5.91 Å². The van der Waals surface area contributed by atoms with Crippen molar-refractivity contribution in [3.05, 3.63) is 29.8 Å². The second kappa shape index (κ2) is 9.61. The summed E-state index contributed by atoms with van der Waals surface area (Å²) in [6.45, 7) is 5.15. The molecule has 29 heavy (non-hydrogen) atoms. The Morgan fingerprint density at radius 1 is 1.34 bits per heavy atom. The number of anilines is 1. The Labute approximate surface area is 177 Å². The predicted molar refractivity (Wildman–Crippen MR) is 120 cm³/mol. The van der Waals surface area contributed by atoms with Gasteiger partial charge in [0.1, 0.15) is 5.75 Å². The molecule has 0 spiro atoms. The van der Waals surface area contributed by atoms with Crippen molar-refractivity contribution in [2.24, 2.45) is 5.92 Å². The number of hydrogen-bond donors (Lipinski definition) is 1. The van der Waals surface area contributed by atoms with Crippen LogP contribution in [0.15, 0.2) is 29.8 Å². The molecule has 0 saturated carbocycles. The van der Waals surface area contributed by atoms with Crippen molar-refractivity contribution < 1.29 is 9.53 Å². The summed E-state index contributed by atoms with van der Waals surface area (Å²) < 4.78 is 6.74. The highest BCUT2D eigenvalue weighted by molar-refractivity contribution is 7.22. The van der Waals surface area contributed by atoms with Crippen LogP contribution in [-0.2, 0) is 4.79 Å². The van der Waals surface area contributed by atoms with Crippen LogP contribution >= 0.6 is 11.3 Å². The highest BCUT2D eigenvalue weighted by Crippen LogP contribution is 2.33. The molecule has 156 valence electrons. The molecule has 1 saturated heterocycles. The van der Waals surface area contributed by atoms with Gasteiger partial charge in [0.25, 0.3) is 0 Å². The Morgan fingerprint density at radius 2 is 2.28 bits per heavy atom. The molecule has 6 heteroatoms. The van der Waals surface area contributed by atoms with E-state index < -0.39 is 0 Å². The van der Waals surface area contributed by atoms with Gasteiger partial charge in [-0.05, 0) is 70.1 Å². The fraction of sp³-hybridized carbons (Fsp3) is 0.565. The number of amides is 1. The first-order valence-corrected chi connectivity index (χ1v) is 11.8. The Bertz CT molecular complexity index is 876. The van der Waals surface area contributed by atoms with E-state index >= 15 is 0 Å². The largest absolute Gasteiger partial charge is 0.494 e. The average molecular weight is 414 g/mol. The van der Waals surface area contributed by atoms with Gasteiger partial charge in [-0.15, -0.1) is 0 Å². The number of hydrogen-bond acceptors (Lipinski definition) is 5. The summed E-state index contributed by atoms with van der Waals surface area (Å²) in [5.74, 6) is 1.14. The van der Waals surface area contributed by atoms with Crippen molar-refractivity contribution in [1.29, 1.82) is 0 Å². The molecule has 1 aliphatic heterocycles. The number of carbonyl (C=O) groups excluding carboxylic acids is 1. The zero-order valence-electron chi connectivity index (χ0n) is 17.3. The van der Waals surface area contributed by atoms with Crippen molar-refractivity contribution >= 4 is 32.6 Å². The summed E-state index contributed by atoms with van der Waals surface area (Å²) in [6.07, 6.45) is 10.4. The van der Waals surface area contributed by atoms with Gasteiger partial charge < -0.3 is 15.0 Å². The molecule has 1 amide bonds. The zero-order valence-corrected chi connectivity index (χ0v) is 18.1. The Morgan fingerprint density at radius 3 is 3.10 bits per heavy atom. The molecule has 1 atom stereocenters. The average Bonchev–Trinajstić information content (AvgIpc) is 3.18. The SMILES string of the molecule is CCOc1ccc2nc(N3CCC[C@@H](C(=O)NCCC4=CCCCC4)C3)sc2c1. The van der Waals surface area contributed by atoms with Crippen LogP contribution in [-0.4, -0.2) is 37.1 Å². The topological polar surface area (TPSA) is 54.5 Å². The molecule has 1 aliphatic carbocycles. The number of piperidine rings is 1. The molecule has 2 heterocycles. The molecular weight excluding hydrogens is 382 g/mol. The summed E-state index contributed by atoms with van der Waals surface area (Å²) in [4.78, 5) is 19.8. The minimum Gasteiger partial charge on any atom is -0.494 e. The van der Waals surface area contributed by atoms with Crippen LogP contribution in [0.2, 0.25) is 0 Å². The van der Waals surface area contributed by atoms with E-state index in [0.717, 1.165) is 60.0 Å². The lowest BCUT2D eigenvalue weighted by Crippen LogP contribution is -2.43. The molecule has 0 unspecified atom stereocenters. The summed E-state index contributed by atoms with van der Waals surface area (Å²) >= 11 is 1.69. The fourth-order valence-corrected chi connectivity index (χ4v) is 5.30. The highest BCUT2D eigenvalue weighted by Gasteiger charge is 2.27. The number of allylic oxidation sites excluding steroid dienone is 1. The van der Waals surface area contributed by atoms with Gasteiger partial charge in [-0.25, -0.2) is 4.98 Å². The smallest absolute Gasteiger partial charge is 0.224 e. The number of nitrogens with one attached hydrogen (secondary N) is 1. The summed E-state index contributed by atoms with van der Waals surface area (Å²) in [5.41, 5.74) is 2.52. The van der Waals surface area contributed by atoms with E-state index in [1.807, 2.05) is 19.1 Å². The van der Waals surface area contributed by atoms with Gasteiger partial charge in [0.15, 0.2) is 5.13 Å². The van der Waals surface area contributed by atoms with E-state index in [4.69, 9.17) is 9.72 Å². The van der Waals surface area contributed by atoms with E-state index in [1.165, 1.54) is 31.3 Å². The molecular formula is C23H31N3O2S. The summed E-state index contributed by atoms with van der Waals surface area (Å²) in [5, 5.41) is 4.19. The van der Waals surface area contributed by atoms with Crippen LogP contribution in [0, 0.1) is 5.92 Å². The minimum absolute atomic E-state index is 0.0510. The Kier molecular flexibility index (Phi) is 6.70. The van der Waals surface area contributed by atoms with Gasteiger partial charge in [0, 0.05) is 19.6 Å². The minimum atomic E-state index is 0.0510. The van der Waals surface area contributed by atoms with Gasteiger partial charge in [0.05, 0.1) is 22.7 Å². The quantitative estimate of drug-likeness (QED) is 0.655. The van der Waals surface area contributed by atoms with Crippen LogP contribution in [0.4, 0.5) is 5.13 Å². The first kappa shape index (κ1) is 20.2. The van der Waals surface area contributed by atoms with E-state index in [-0.39, 0.29) is 11.8 Å². The molecule has 0 bridgehead atoms. The lowest BCUT2D eigenvalue weighted by Gasteiger charge is -2.31. The maximum atomic E-state index is 12.7. The predicted octanol–water partition coefficient (Wildman–Crippen LogP) is 4.92. The number of fused-ring (bicyclic) bond motifs is 1. The lowest BCUT2D eigenvalue weighted by molar-refractivity contribution is -0.125. The third-order valence-electron chi connectivity index (χ3n) is 5.85. The molecule has 2 aromatic rings. The fourth-order valence-electron chi connectivity index (χ4n) is 4.27. The second-order valence-electron chi connectivity index (χ2n) is 7.99. The maximum Gasteiger partial charge on any atom is 0.224 e. The third kappa shape index (κ3) is 5.10. The van der Waals surface area contributed by atoms with Crippen molar-refractivity contribution in [2.45, 2.75) is 51.9 Å². The van der Waals surface area contributed by atoms with Crippen molar-refractivity contribution in [3.8, 4) is 5.75 Å². The van der Waals surface area contributed by atoms with Gasteiger partial charge in [-0.3, -0.25) is 4.79 Å². The number of rotatable bonds is 7. The van der Waals surface area contributed by atoms with E-state index in [2.05, 4.69) is 22.4 Å². The Balaban J connectivity index is 1.34. The first-order valence-electron chi connectivity index (χ1n) is 11.0. The number of ether oxygens (including phenoxy) is 1. The van der Waals surface area contributed by atoms with Crippen LogP contribution in [0.5, 0.6) is 5.75 Å². The number of carbonyl (C=O) groups is 1. The zero-order chi connectivity index (χ0) is 20.1. The van der Waals surface area contributed by atoms with Gasteiger partial charge in [-0.1, -0.05) is 23.0 Å². The molecule has 5 nitrogen and oxygen atoms in total. The third-order valence-corrected chi connectivity index (χ3v) is 6.93. The lowest BCUT2D eigenvalue weighted by atomic mass is 9.96. The highest BCUT2D eigenvalue weighted by atomic mass is 32.1. The summed E-state index contributed by atoms with van der Waals surface area (Å²) in [6, 6.07) is 6.06. The monoisotopic (exact) mass is 413 g/mol. The first-order chi connectivity index (χ1) is 14.2. The van der Waals surface area contributed by atoms with Crippen LogP contribution < -0.4 is 15.0 Å². The van der Waals surface area contributed by atoms with Gasteiger partial charge >= 0.3 is 0 Å². The molecule has 2 aliphatic rings. The normalized spacial score (nSPS) is 19.8. The number of nitrogens with zero attached hydrogens (tertiary/aromatic N) is 2. The second-order valence-corrected chi connectivity index (χ2v) is 9.00. The molecule has 4 rings (SSSR count). The van der Waals surface area contributed by atoms with Crippen molar-refractivity contribution in [1.82, 2.24) is 10.3 Å². The standard InChI is InChI=1S/C23H31N3O2S/c1-2-28-19-10-11-20-21(15-19)29-23(25-20)26-14-6-9-18(16-26)22(27)24-13-12-17-7-4-3-5-8-17/h7,10-11,15,18H,2-6,8-9,12-14,16H2,1H3,(H,24,27)/t18-/m1/s1. The van der Waals surface area contributed by atoms with Crippen LogP contribution in [0.3, 0.4) is 0 Å². The van der Waals surface area contributed by atoms with E-state index in [9.17, 15) is 4.79 Å². The van der Waals surface area contributed by atoms with Crippen LogP contribution in [0.25, 0.3) is 10.2 Å². The number of benzene rings is 1. The van der Waals surface area contributed by atoms with Crippen LogP contribution in [0.1, 0.15) is 51.9 Å². The number of thiazole rings is 1. The summed E-state index contributed by atoms with van der Waals surface area (Å²) in [7, 11) is 0. The molecule has 0 radical (unpaired) electrons. The van der Waals surface area contributed by atoms with Crippen molar-refractivity contribution in [2.75, 3.05) is 31.1 Å². The van der Waals surface area contributed by atoms with Crippen molar-refractivity contribution in [3.63, 3.8) is 0 Å². The van der Waals surface area contributed by atoms with E-state index in [0.29, 0.717) is 6.61 Å². The Hall–Kier alpha value is -2.08.